The van der Waals surface area contributed by atoms with Gasteiger partial charge in [0.2, 0.25) is 0 Å². The summed E-state index contributed by atoms with van der Waals surface area (Å²) in [6.07, 6.45) is -0.936. The van der Waals surface area contributed by atoms with Crippen molar-refractivity contribution in [3.05, 3.63) is 0 Å². The van der Waals surface area contributed by atoms with E-state index in [2.05, 4.69) is 5.32 Å². The Kier molecular flexibility index (Phi) is 4.30. The second-order valence-electron chi connectivity index (χ2n) is 5.89. The minimum absolute atomic E-state index is 0.0529. The lowest BCUT2D eigenvalue weighted by Crippen LogP contribution is -2.62. The SMILES string of the molecule is CCN(CC(F)(F)F)CC(NC1CC1)(C(=O)O)C1CC1. The first kappa shape index (κ1) is 15.6. The molecule has 0 aromatic carbocycles. The quantitative estimate of drug-likeness (QED) is 0.717. The maximum Gasteiger partial charge on any atom is 0.401 e. The Morgan fingerprint density at radius 3 is 2.20 bits per heavy atom. The van der Waals surface area contributed by atoms with Crippen LogP contribution in [0.3, 0.4) is 0 Å². The number of rotatable bonds is 8. The number of nitrogens with one attached hydrogen (secondary N) is 1. The molecule has 2 aliphatic carbocycles. The van der Waals surface area contributed by atoms with Gasteiger partial charge in [-0.2, -0.15) is 13.2 Å². The highest BCUT2D eigenvalue weighted by Gasteiger charge is 2.54. The van der Waals surface area contributed by atoms with Crippen LogP contribution in [0.4, 0.5) is 13.2 Å². The molecule has 2 saturated carbocycles. The van der Waals surface area contributed by atoms with Crippen molar-refractivity contribution in [1.29, 1.82) is 0 Å². The van der Waals surface area contributed by atoms with E-state index in [1.54, 1.807) is 6.92 Å². The molecule has 0 bridgehead atoms. The van der Waals surface area contributed by atoms with Gasteiger partial charge in [-0.15, -0.1) is 0 Å². The summed E-state index contributed by atoms with van der Waals surface area (Å²) in [6, 6.07) is 0.149. The molecule has 0 saturated heterocycles. The second kappa shape index (κ2) is 5.52. The number of hydrogen-bond donors (Lipinski definition) is 2. The highest BCUT2D eigenvalue weighted by molar-refractivity contribution is 5.80. The van der Waals surface area contributed by atoms with E-state index in [4.69, 9.17) is 0 Å². The zero-order chi connectivity index (χ0) is 15.0. The molecule has 2 N–H and O–H groups in total. The Hall–Kier alpha value is -0.820. The second-order valence-corrected chi connectivity index (χ2v) is 5.89. The smallest absolute Gasteiger partial charge is 0.401 e. The van der Waals surface area contributed by atoms with E-state index < -0.39 is 24.2 Å². The molecular weight excluding hydrogens is 273 g/mol. The normalized spacial score (nSPS) is 22.9. The molecule has 0 aromatic rings. The lowest BCUT2D eigenvalue weighted by atomic mass is 9.92. The van der Waals surface area contributed by atoms with E-state index in [-0.39, 0.29) is 25.0 Å². The monoisotopic (exact) mass is 294 g/mol. The van der Waals surface area contributed by atoms with Crippen LogP contribution in [0.15, 0.2) is 0 Å². The van der Waals surface area contributed by atoms with Gasteiger partial charge in [-0.1, -0.05) is 6.92 Å². The van der Waals surface area contributed by atoms with Crippen LogP contribution in [0, 0.1) is 5.92 Å². The van der Waals surface area contributed by atoms with Crippen molar-refractivity contribution in [2.45, 2.75) is 50.4 Å². The summed E-state index contributed by atoms with van der Waals surface area (Å²) >= 11 is 0. The zero-order valence-corrected chi connectivity index (χ0v) is 11.5. The number of carbonyl (C=O) groups is 1. The summed E-state index contributed by atoms with van der Waals surface area (Å²) in [7, 11) is 0. The highest BCUT2D eigenvalue weighted by Crippen LogP contribution is 2.42. The maximum atomic E-state index is 12.6. The molecule has 2 rings (SSSR count). The number of aliphatic carboxylic acids is 1. The van der Waals surface area contributed by atoms with Gasteiger partial charge < -0.3 is 5.11 Å². The topological polar surface area (TPSA) is 52.6 Å². The molecule has 0 aromatic heterocycles. The van der Waals surface area contributed by atoms with Crippen LogP contribution in [0.25, 0.3) is 0 Å². The van der Waals surface area contributed by atoms with Gasteiger partial charge in [0.15, 0.2) is 0 Å². The first-order valence-electron chi connectivity index (χ1n) is 7.07. The maximum absolute atomic E-state index is 12.6. The predicted octanol–water partition coefficient (Wildman–Crippen LogP) is 1.86. The summed E-state index contributed by atoms with van der Waals surface area (Å²) in [5.41, 5.74) is -1.22. The molecule has 0 heterocycles. The molecule has 1 unspecified atom stereocenters. The summed E-state index contributed by atoms with van der Waals surface area (Å²) in [5.74, 6) is -1.07. The van der Waals surface area contributed by atoms with Crippen molar-refractivity contribution < 1.29 is 23.1 Å². The molecule has 2 aliphatic rings. The molecule has 20 heavy (non-hydrogen) atoms. The zero-order valence-electron chi connectivity index (χ0n) is 11.5. The van der Waals surface area contributed by atoms with Crippen LogP contribution in [0.5, 0.6) is 0 Å². The number of nitrogens with zero attached hydrogens (tertiary/aromatic N) is 1. The lowest BCUT2D eigenvalue weighted by molar-refractivity contribution is -0.157. The van der Waals surface area contributed by atoms with E-state index in [9.17, 15) is 23.1 Å². The molecule has 116 valence electrons. The summed E-state index contributed by atoms with van der Waals surface area (Å²) < 4.78 is 37.7. The fourth-order valence-corrected chi connectivity index (χ4v) is 2.65. The third kappa shape index (κ3) is 3.85. The van der Waals surface area contributed by atoms with Crippen molar-refractivity contribution in [3.63, 3.8) is 0 Å². The summed E-state index contributed by atoms with van der Waals surface area (Å²) in [4.78, 5) is 12.9. The number of carboxylic acids is 1. The van der Waals surface area contributed by atoms with Crippen LogP contribution in [0.1, 0.15) is 32.6 Å². The van der Waals surface area contributed by atoms with Gasteiger partial charge in [-0.25, -0.2) is 0 Å². The van der Waals surface area contributed by atoms with Gasteiger partial charge in [-0.3, -0.25) is 15.0 Å². The van der Waals surface area contributed by atoms with Crippen LogP contribution in [0.2, 0.25) is 0 Å². The first-order chi connectivity index (χ1) is 9.27. The fraction of sp³-hybridized carbons (Fsp3) is 0.923. The van der Waals surface area contributed by atoms with Crippen molar-refractivity contribution >= 4 is 5.97 Å². The average molecular weight is 294 g/mol. The van der Waals surface area contributed by atoms with E-state index in [0.717, 1.165) is 25.7 Å². The fourth-order valence-electron chi connectivity index (χ4n) is 2.65. The number of likely N-dealkylation sites (N-methyl/N-ethyl adjacent to an activating group) is 1. The first-order valence-corrected chi connectivity index (χ1v) is 7.07. The van der Waals surface area contributed by atoms with Gasteiger partial charge in [-0.05, 0) is 38.1 Å². The molecule has 2 fully saturated rings. The standard InChI is InChI=1S/C13H21F3N2O2/c1-2-18(8-13(14,15)16)7-12(11(19)20,9-3-4-9)17-10-5-6-10/h9-10,17H,2-8H2,1H3,(H,19,20). The largest absolute Gasteiger partial charge is 0.480 e. The third-order valence-corrected chi connectivity index (χ3v) is 4.02. The van der Waals surface area contributed by atoms with Crippen LogP contribution >= 0.6 is 0 Å². The van der Waals surface area contributed by atoms with E-state index in [1.807, 2.05) is 0 Å². The predicted molar refractivity (Wildman–Crippen MR) is 67.4 cm³/mol. The van der Waals surface area contributed by atoms with Crippen LogP contribution in [-0.2, 0) is 4.79 Å². The number of halogens is 3. The van der Waals surface area contributed by atoms with Gasteiger partial charge >= 0.3 is 12.1 Å². The molecule has 7 heteroatoms. The van der Waals surface area contributed by atoms with Crippen molar-refractivity contribution in [2.24, 2.45) is 5.92 Å². The molecular formula is C13H21F3N2O2. The van der Waals surface area contributed by atoms with Crippen molar-refractivity contribution in [2.75, 3.05) is 19.6 Å². The number of alkyl halides is 3. The lowest BCUT2D eigenvalue weighted by Gasteiger charge is -2.36. The Labute approximate surface area is 116 Å². The van der Waals surface area contributed by atoms with E-state index >= 15 is 0 Å². The molecule has 0 spiro atoms. The van der Waals surface area contributed by atoms with Crippen molar-refractivity contribution in [1.82, 2.24) is 10.2 Å². The van der Waals surface area contributed by atoms with Gasteiger partial charge in [0.1, 0.15) is 5.54 Å². The molecule has 0 amide bonds. The minimum Gasteiger partial charge on any atom is -0.480 e. The third-order valence-electron chi connectivity index (χ3n) is 4.02. The Balaban J connectivity index is 2.10. The number of hydrogen-bond acceptors (Lipinski definition) is 3. The Morgan fingerprint density at radius 2 is 1.85 bits per heavy atom. The highest BCUT2D eigenvalue weighted by atomic mass is 19.4. The van der Waals surface area contributed by atoms with Crippen LogP contribution in [-0.4, -0.2) is 53.4 Å². The number of carboxylic acid groups (broad SMARTS) is 1. The van der Waals surface area contributed by atoms with Gasteiger partial charge in [0, 0.05) is 12.6 Å². The molecule has 1 atom stereocenters. The minimum atomic E-state index is -4.30. The Morgan fingerprint density at radius 1 is 1.25 bits per heavy atom. The summed E-state index contributed by atoms with van der Waals surface area (Å²) in [5, 5.41) is 12.7. The van der Waals surface area contributed by atoms with E-state index in [0.29, 0.717) is 0 Å². The van der Waals surface area contributed by atoms with Gasteiger partial charge in [0.25, 0.3) is 0 Å². The van der Waals surface area contributed by atoms with Crippen LogP contribution < -0.4 is 5.32 Å². The molecule has 0 aliphatic heterocycles. The molecule has 0 radical (unpaired) electrons. The van der Waals surface area contributed by atoms with Gasteiger partial charge in [0.05, 0.1) is 6.54 Å². The average Bonchev–Trinajstić information content (AvgIpc) is 3.17. The van der Waals surface area contributed by atoms with Crippen molar-refractivity contribution in [3.8, 4) is 0 Å². The Bertz CT molecular complexity index is 367. The molecule has 4 nitrogen and oxygen atoms in total. The summed E-state index contributed by atoms with van der Waals surface area (Å²) in [6.45, 7) is 0.674. The van der Waals surface area contributed by atoms with E-state index in [1.165, 1.54) is 4.90 Å².